The Morgan fingerprint density at radius 2 is 0.867 bits per heavy atom. The molecule has 0 aromatic carbocycles. The monoisotopic (exact) mass is 216 g/mol. The van der Waals surface area contributed by atoms with Crippen LogP contribution in [-0.2, 0) is 0 Å². The molecule has 0 aliphatic heterocycles. The Labute approximate surface area is 79.0 Å². The van der Waals surface area contributed by atoms with Crippen molar-refractivity contribution in [2.75, 3.05) is 0 Å². The van der Waals surface area contributed by atoms with Crippen LogP contribution in [0.2, 0.25) is 0 Å². The van der Waals surface area contributed by atoms with E-state index in [2.05, 4.69) is 15.0 Å². The van der Waals surface area contributed by atoms with Crippen molar-refractivity contribution >= 4 is 17.8 Å². The highest BCUT2D eigenvalue weighted by Gasteiger charge is 2.26. The third kappa shape index (κ3) is 2.11. The molecule has 12 heteroatoms. The summed E-state index contributed by atoms with van der Waals surface area (Å²) in [5.74, 6) is -3.74. The zero-order valence-corrected chi connectivity index (χ0v) is 6.63. The van der Waals surface area contributed by atoms with Crippen LogP contribution in [0, 0.1) is 30.3 Å². The van der Waals surface area contributed by atoms with E-state index in [4.69, 9.17) is 0 Å². The van der Waals surface area contributed by atoms with Gasteiger partial charge in [-0.1, -0.05) is 0 Å². The highest BCUT2D eigenvalue weighted by Crippen LogP contribution is 2.13. The molecule has 78 valence electrons. The van der Waals surface area contributed by atoms with Gasteiger partial charge in [0.25, 0.3) is 0 Å². The molecule has 0 unspecified atom stereocenters. The number of nitro groups is 3. The first-order valence-corrected chi connectivity index (χ1v) is 3.11. The maximum Gasteiger partial charge on any atom is 0.481 e. The third-order valence-corrected chi connectivity index (χ3v) is 1.09. The van der Waals surface area contributed by atoms with Crippen LogP contribution in [0.5, 0.6) is 0 Å². The van der Waals surface area contributed by atoms with Gasteiger partial charge in [0.1, 0.15) is 0 Å². The van der Waals surface area contributed by atoms with Crippen LogP contribution in [0.25, 0.3) is 0 Å². The van der Waals surface area contributed by atoms with Gasteiger partial charge in [-0.05, 0) is 14.8 Å². The zero-order valence-electron chi connectivity index (χ0n) is 6.63. The lowest BCUT2D eigenvalue weighted by atomic mass is 10.8. The Bertz CT molecular complexity index is 377. The minimum atomic E-state index is -1.25. The number of rotatable bonds is 3. The van der Waals surface area contributed by atoms with Gasteiger partial charge in [-0.25, -0.2) is 0 Å². The van der Waals surface area contributed by atoms with Gasteiger partial charge in [0, 0.05) is 15.0 Å². The molecule has 0 saturated heterocycles. The fraction of sp³-hybridized carbons (Fsp3) is 0. The van der Waals surface area contributed by atoms with Crippen LogP contribution in [-0.4, -0.2) is 29.7 Å². The van der Waals surface area contributed by atoms with Gasteiger partial charge in [0.15, 0.2) is 0 Å². The number of hydrogen-bond acceptors (Lipinski definition) is 9. The summed E-state index contributed by atoms with van der Waals surface area (Å²) in [7, 11) is 0. The second-order valence-corrected chi connectivity index (χ2v) is 2.01. The van der Waals surface area contributed by atoms with E-state index in [9.17, 15) is 30.3 Å². The lowest BCUT2D eigenvalue weighted by Gasteiger charge is -1.95. The first kappa shape index (κ1) is 10.3. The molecule has 0 spiro atoms. The van der Waals surface area contributed by atoms with E-state index >= 15 is 0 Å². The SMILES string of the molecule is O=[N+]([O-])c1nc([N+](=O)[O-])nc([N+](=O)[O-])n1. The smallest absolute Gasteiger partial charge is 0.390 e. The predicted octanol–water partition coefficient (Wildman–Crippen LogP) is -0.404. The van der Waals surface area contributed by atoms with Crippen LogP contribution < -0.4 is 0 Å². The Morgan fingerprint density at radius 1 is 0.667 bits per heavy atom. The van der Waals surface area contributed by atoms with E-state index in [0.29, 0.717) is 0 Å². The summed E-state index contributed by atoms with van der Waals surface area (Å²) in [5, 5.41) is 30.5. The highest BCUT2D eigenvalue weighted by atomic mass is 16.6. The molecule has 1 heterocycles. The van der Waals surface area contributed by atoms with Gasteiger partial charge in [-0.15, -0.1) is 0 Å². The van der Waals surface area contributed by atoms with Crippen molar-refractivity contribution in [3.8, 4) is 0 Å². The van der Waals surface area contributed by atoms with E-state index in [-0.39, 0.29) is 0 Å². The van der Waals surface area contributed by atoms with Crippen molar-refractivity contribution in [3.05, 3.63) is 30.3 Å². The maximum absolute atomic E-state index is 10.2. The molecule has 0 amide bonds. The summed E-state index contributed by atoms with van der Waals surface area (Å²) >= 11 is 0. The first-order valence-electron chi connectivity index (χ1n) is 3.11. The van der Waals surface area contributed by atoms with Gasteiger partial charge in [-0.2, -0.15) is 0 Å². The molecule has 0 fully saturated rings. The molecule has 0 aliphatic carbocycles. The van der Waals surface area contributed by atoms with Crippen molar-refractivity contribution in [2.45, 2.75) is 0 Å². The molecule has 0 radical (unpaired) electrons. The Hall–Kier alpha value is -2.79. The van der Waals surface area contributed by atoms with Gasteiger partial charge in [0.05, 0.1) is 0 Å². The maximum atomic E-state index is 10.2. The van der Waals surface area contributed by atoms with E-state index in [1.54, 1.807) is 0 Å². The minimum absolute atomic E-state index is 1.19. The summed E-state index contributed by atoms with van der Waals surface area (Å²) in [6.07, 6.45) is 0. The van der Waals surface area contributed by atoms with E-state index in [0.717, 1.165) is 0 Å². The fourth-order valence-electron chi connectivity index (χ4n) is 0.588. The Kier molecular flexibility index (Phi) is 2.42. The Balaban J connectivity index is 3.39. The van der Waals surface area contributed by atoms with Crippen molar-refractivity contribution in [1.29, 1.82) is 0 Å². The lowest BCUT2D eigenvalue weighted by Crippen LogP contribution is -2.06. The molecule has 12 nitrogen and oxygen atoms in total. The summed E-state index contributed by atoms with van der Waals surface area (Å²) in [4.78, 5) is 35.3. The third-order valence-electron chi connectivity index (χ3n) is 1.09. The lowest BCUT2D eigenvalue weighted by molar-refractivity contribution is -0.422. The van der Waals surface area contributed by atoms with Gasteiger partial charge in [-0.3, -0.25) is 0 Å². The van der Waals surface area contributed by atoms with Crippen LogP contribution in [0.3, 0.4) is 0 Å². The van der Waals surface area contributed by atoms with Crippen LogP contribution in [0.1, 0.15) is 0 Å². The average molecular weight is 216 g/mol. The van der Waals surface area contributed by atoms with Gasteiger partial charge < -0.3 is 30.3 Å². The molecule has 0 saturated carbocycles. The van der Waals surface area contributed by atoms with Crippen molar-refractivity contribution in [1.82, 2.24) is 15.0 Å². The summed E-state index contributed by atoms with van der Waals surface area (Å²) in [5.41, 5.74) is 0. The topological polar surface area (TPSA) is 168 Å². The van der Waals surface area contributed by atoms with Gasteiger partial charge >= 0.3 is 17.8 Å². The van der Waals surface area contributed by atoms with Gasteiger partial charge in [0.2, 0.25) is 0 Å². The second kappa shape index (κ2) is 3.52. The van der Waals surface area contributed by atoms with Crippen molar-refractivity contribution < 1.29 is 14.8 Å². The molecular formula is C3N6O6. The average Bonchev–Trinajstić information content (AvgIpc) is 2.16. The largest absolute Gasteiger partial charge is 0.481 e. The molecule has 1 aromatic heterocycles. The van der Waals surface area contributed by atoms with E-state index in [1.165, 1.54) is 0 Å². The molecule has 0 bridgehead atoms. The Morgan fingerprint density at radius 3 is 1.00 bits per heavy atom. The molecule has 1 aromatic rings. The first-order chi connectivity index (χ1) is 6.91. The van der Waals surface area contributed by atoms with E-state index < -0.39 is 32.6 Å². The normalized spacial score (nSPS) is 9.60. The van der Waals surface area contributed by atoms with Crippen LogP contribution in [0.4, 0.5) is 17.8 Å². The number of nitrogens with zero attached hydrogens (tertiary/aromatic N) is 6. The second-order valence-electron chi connectivity index (χ2n) is 2.01. The summed E-state index contributed by atoms with van der Waals surface area (Å²) in [6, 6.07) is 0. The standard InChI is InChI=1S/C3N6O6/c10-7(11)1-4-2(8(12)13)6-3(5-1)9(14)15. The van der Waals surface area contributed by atoms with Crippen LogP contribution >= 0.6 is 0 Å². The van der Waals surface area contributed by atoms with Crippen molar-refractivity contribution in [2.24, 2.45) is 0 Å². The number of hydrogen-bond donors (Lipinski definition) is 0. The molecule has 0 aliphatic rings. The molecule has 15 heavy (non-hydrogen) atoms. The highest BCUT2D eigenvalue weighted by molar-refractivity contribution is 5.21. The quantitative estimate of drug-likeness (QED) is 0.481. The van der Waals surface area contributed by atoms with Crippen molar-refractivity contribution in [3.63, 3.8) is 0 Å². The molecule has 0 N–H and O–H groups in total. The molecule has 0 atom stereocenters. The summed E-state index contributed by atoms with van der Waals surface area (Å²) in [6.45, 7) is 0. The minimum Gasteiger partial charge on any atom is -0.390 e. The van der Waals surface area contributed by atoms with E-state index in [1.807, 2.05) is 0 Å². The summed E-state index contributed by atoms with van der Waals surface area (Å²) < 4.78 is 0. The molecule has 1 rings (SSSR count). The van der Waals surface area contributed by atoms with Crippen LogP contribution in [0.15, 0.2) is 0 Å². The molecular weight excluding hydrogens is 216 g/mol. The fourth-order valence-corrected chi connectivity index (χ4v) is 0.588. The number of aromatic nitrogens is 3. The zero-order chi connectivity index (χ0) is 11.6. The predicted molar refractivity (Wildman–Crippen MR) is 39.8 cm³/mol.